The number of ketones is 1. The van der Waals surface area contributed by atoms with E-state index in [1.165, 1.54) is 6.07 Å². The number of nitrogens with zero attached hydrogens (tertiary/aromatic N) is 4. The third kappa shape index (κ3) is 12.3. The number of aryl methyl sites for hydroxylation is 4. The molecule has 0 spiro atoms. The summed E-state index contributed by atoms with van der Waals surface area (Å²) in [7, 11) is 6.76. The number of para-hydroxylation sites is 1. The van der Waals surface area contributed by atoms with Gasteiger partial charge >= 0.3 is 161 Å². The van der Waals surface area contributed by atoms with E-state index < -0.39 is 45.0 Å². The zero-order valence-corrected chi connectivity index (χ0v) is 38.8. The fourth-order valence-corrected chi connectivity index (χ4v) is 9.30. The van der Waals surface area contributed by atoms with Crippen molar-refractivity contribution < 1.29 is 54.8 Å². The molecule has 1 atom stereocenters. The third-order valence-corrected chi connectivity index (χ3v) is 12.9. The fraction of sp³-hybridized carbons (Fsp3) is 0.311. The molecule has 5 heterocycles. The minimum atomic E-state index is -0.993. The van der Waals surface area contributed by atoms with Gasteiger partial charge in [0.15, 0.2) is 5.78 Å². The Bertz CT molecular complexity index is 2740. The van der Waals surface area contributed by atoms with Crippen molar-refractivity contribution in [1.82, 2.24) is 39.2 Å². The van der Waals surface area contributed by atoms with Crippen LogP contribution in [-0.2, 0) is 55.4 Å². The number of unbranched alkanes of at least 4 members (excludes halogenated alkanes) is 1. The number of halogens is 1. The molecule has 5 amide bonds. The topological polar surface area (TPSA) is 267 Å². The Morgan fingerprint density at radius 1 is 0.677 bits per heavy atom. The van der Waals surface area contributed by atoms with E-state index in [9.17, 15) is 33.6 Å². The number of Topliss-reactive ketones (excluding diaryl/α,β-unsaturated/α-hetero) is 1. The molecule has 20 heteroatoms. The van der Waals surface area contributed by atoms with Crippen molar-refractivity contribution >= 4 is 61.4 Å². The molecule has 0 radical (unpaired) electrons. The second-order valence-electron chi connectivity index (χ2n) is 15.6. The first-order valence-electron chi connectivity index (χ1n) is 20.9. The van der Waals surface area contributed by atoms with Gasteiger partial charge in [-0.3, -0.25) is 19.2 Å². The standard InChI is InChI=1S/C45H54IN12O7/c1-55-23-27(15-32(59)20-47)16-36(55)43(63)52-30-18-38(57(3)25-30)42(62)49-13-8-7-11-35(41(61)50-14-12-28-22-51-34-10-6-5-9-33(28)34)54-45(65)39-19-31(26-58(39)4)53-44(64)37-17-29(24-56(37)2)46-40(60)21-48/h5-6,9-10,16-19,22-26,35,51H,7-8,11-15,20-21,47-48H2,1-4H3,(H,49,62)(H,50,61)(H,52,63)(H,53,64)(H,54,65)/q-1. The molecule has 1 unspecified atom stereocenters. The number of H-pyrrole nitrogens is 1. The number of nitrogens with one attached hydrogen (secondary N) is 6. The van der Waals surface area contributed by atoms with Gasteiger partial charge in [0, 0.05) is 63.1 Å². The maximum atomic E-state index is 13.8. The van der Waals surface area contributed by atoms with Crippen LogP contribution < -0.4 is 59.3 Å². The number of carbonyl (C=O) groups is 7. The van der Waals surface area contributed by atoms with Crippen LogP contribution in [0.4, 0.5) is 11.4 Å². The molecule has 1 aromatic carbocycles. The van der Waals surface area contributed by atoms with Gasteiger partial charge in [-0.25, -0.2) is 0 Å². The van der Waals surface area contributed by atoms with Gasteiger partial charge in [-0.05, 0) is 48.6 Å². The molecule has 0 saturated heterocycles. The van der Waals surface area contributed by atoms with E-state index >= 15 is 0 Å². The molecule has 65 heavy (non-hydrogen) atoms. The summed E-state index contributed by atoms with van der Waals surface area (Å²) in [6.07, 6.45) is 10.5. The summed E-state index contributed by atoms with van der Waals surface area (Å²) in [6, 6.07) is 13.4. The van der Waals surface area contributed by atoms with Crippen LogP contribution in [0.25, 0.3) is 10.9 Å². The zero-order chi connectivity index (χ0) is 46.8. The van der Waals surface area contributed by atoms with E-state index in [4.69, 9.17) is 11.5 Å². The Morgan fingerprint density at radius 2 is 1.29 bits per heavy atom. The van der Waals surface area contributed by atoms with Crippen LogP contribution in [-0.4, -0.2) is 94.6 Å². The van der Waals surface area contributed by atoms with E-state index in [0.717, 1.165) is 20.0 Å². The smallest absolute Gasteiger partial charge is 0.361 e. The van der Waals surface area contributed by atoms with Crippen LogP contribution in [0.15, 0.2) is 79.5 Å². The number of anilines is 2. The number of nitrogens with two attached hydrogens (primary N) is 2. The van der Waals surface area contributed by atoms with E-state index in [1.54, 1.807) is 89.4 Å². The molecule has 0 bridgehead atoms. The molecule has 0 aliphatic carbocycles. The molecule has 0 aliphatic heterocycles. The number of benzene rings is 1. The van der Waals surface area contributed by atoms with Gasteiger partial charge in [0.2, 0.25) is 0 Å². The molecule has 19 nitrogen and oxygen atoms in total. The number of fused-ring (bicyclic) bond motifs is 1. The first kappa shape index (κ1) is 47.7. The molecule has 0 fully saturated rings. The predicted molar refractivity (Wildman–Crippen MR) is 241 cm³/mol. The molecule has 10 N–H and O–H groups in total. The van der Waals surface area contributed by atoms with Crippen molar-refractivity contribution in [1.29, 1.82) is 0 Å². The molecule has 5 aromatic heterocycles. The average molecular weight is 1000 g/mol. The quantitative estimate of drug-likeness (QED) is 0.0233. The van der Waals surface area contributed by atoms with Crippen LogP contribution >= 0.6 is 0 Å². The monoisotopic (exact) mass is 1000 g/mol. The Hall–Kier alpha value is -6.78. The Labute approximate surface area is 385 Å². The normalized spacial score (nSPS) is 11.7. The van der Waals surface area contributed by atoms with Gasteiger partial charge in [0.1, 0.15) is 11.4 Å². The first-order chi connectivity index (χ1) is 31.1. The van der Waals surface area contributed by atoms with Gasteiger partial charge in [0.25, 0.3) is 11.8 Å². The molecule has 0 saturated carbocycles. The Kier molecular flexibility index (Phi) is 15.9. The molecule has 6 aromatic rings. The number of aromatic nitrogens is 5. The second-order valence-corrected chi connectivity index (χ2v) is 18.6. The first-order valence-corrected chi connectivity index (χ1v) is 23.1. The van der Waals surface area contributed by atoms with Gasteiger partial charge in [-0.2, -0.15) is 0 Å². The SMILES string of the molecule is Cn1cc(NC(=O)c2cc(CC(=O)CN)cn2C)cc1C(=O)NCCCCC(NC(=O)c1cc(NC(=O)c2cc([I-]C(=O)CN)cn2C)cn1C)C(=O)NCCc1c[nH]c2ccccc12. The number of hydrogen-bond donors (Lipinski definition) is 8. The van der Waals surface area contributed by atoms with Crippen molar-refractivity contribution in [3.05, 3.63) is 117 Å². The maximum absolute atomic E-state index is 13.8. The summed E-state index contributed by atoms with van der Waals surface area (Å²) in [4.78, 5) is 93.9. The third-order valence-electron chi connectivity index (χ3n) is 10.7. The summed E-state index contributed by atoms with van der Waals surface area (Å²) in [6.45, 7) is 0.466. The van der Waals surface area contributed by atoms with Crippen molar-refractivity contribution in [2.24, 2.45) is 39.7 Å². The van der Waals surface area contributed by atoms with E-state index in [1.807, 2.05) is 30.5 Å². The van der Waals surface area contributed by atoms with Crippen molar-refractivity contribution in [2.45, 2.75) is 38.1 Å². The zero-order valence-electron chi connectivity index (χ0n) is 36.6. The van der Waals surface area contributed by atoms with Crippen LogP contribution in [0, 0.1) is 3.57 Å². The van der Waals surface area contributed by atoms with Gasteiger partial charge in [-0.15, -0.1) is 0 Å². The summed E-state index contributed by atoms with van der Waals surface area (Å²) >= 11 is -0.993. The molecule has 344 valence electrons. The minimum Gasteiger partial charge on any atom is -0.361 e. The molecular weight excluding hydrogens is 947 g/mol. The van der Waals surface area contributed by atoms with E-state index in [2.05, 4.69) is 31.6 Å². The summed E-state index contributed by atoms with van der Waals surface area (Å²) < 4.78 is 7.13. The fourth-order valence-electron chi connectivity index (χ4n) is 7.37. The van der Waals surface area contributed by atoms with Crippen LogP contribution in [0.1, 0.15) is 72.3 Å². The summed E-state index contributed by atoms with van der Waals surface area (Å²) in [5.74, 6) is -2.22. The molecule has 6 rings (SSSR count). The Morgan fingerprint density at radius 3 is 1.97 bits per heavy atom. The van der Waals surface area contributed by atoms with Crippen LogP contribution in [0.3, 0.4) is 0 Å². The van der Waals surface area contributed by atoms with Crippen LogP contribution in [0.5, 0.6) is 0 Å². The van der Waals surface area contributed by atoms with Gasteiger partial charge in [0.05, 0.1) is 12.2 Å². The number of rotatable bonds is 22. The summed E-state index contributed by atoms with van der Waals surface area (Å²) in [5.41, 5.74) is 15.6. The number of hydrogen-bond acceptors (Lipinski definition) is 9. The van der Waals surface area contributed by atoms with E-state index in [0.29, 0.717) is 59.8 Å². The average Bonchev–Trinajstić information content (AvgIpc) is 4.11. The number of amides is 5. The van der Waals surface area contributed by atoms with E-state index in [-0.39, 0.29) is 59.6 Å². The second kappa shape index (κ2) is 21.7. The van der Waals surface area contributed by atoms with Crippen molar-refractivity contribution in [3.63, 3.8) is 0 Å². The molecule has 0 aliphatic rings. The van der Waals surface area contributed by atoms with Gasteiger partial charge < -0.3 is 35.8 Å². The number of carbonyl (C=O) groups excluding carboxylic acids is 7. The number of aromatic amines is 1. The Balaban J connectivity index is 1.05. The van der Waals surface area contributed by atoms with Crippen molar-refractivity contribution in [2.75, 3.05) is 36.8 Å². The van der Waals surface area contributed by atoms with Crippen molar-refractivity contribution in [3.8, 4) is 0 Å². The van der Waals surface area contributed by atoms with Crippen LogP contribution in [0.2, 0.25) is 0 Å². The molecular formula is C45H54IN12O7-. The van der Waals surface area contributed by atoms with Gasteiger partial charge in [-0.1, -0.05) is 18.2 Å². The minimum absolute atomic E-state index is 0.0460. The predicted octanol–water partition coefficient (Wildman–Crippen LogP) is -1.10. The summed E-state index contributed by atoms with van der Waals surface area (Å²) in [5, 5.41) is 15.4.